The minimum atomic E-state index is -3.62. The number of primary amides is 1. The molecule has 0 radical (unpaired) electrons. The first-order valence-corrected chi connectivity index (χ1v) is 9.77. The average Bonchev–Trinajstić information content (AvgIpc) is 2.85. The Kier molecular flexibility index (Phi) is 5.16. The second-order valence-corrected chi connectivity index (χ2v) is 8.12. The molecule has 0 aromatic heterocycles. The molecule has 1 aromatic rings. The van der Waals surface area contributed by atoms with Gasteiger partial charge >= 0.3 is 0 Å². The van der Waals surface area contributed by atoms with Crippen molar-refractivity contribution < 1.29 is 22.7 Å². The lowest BCUT2D eigenvalue weighted by Gasteiger charge is -2.36. The van der Waals surface area contributed by atoms with E-state index in [0.29, 0.717) is 50.9 Å². The first-order chi connectivity index (χ1) is 11.9. The minimum Gasteiger partial charge on any atom is -0.490 e. The molecule has 138 valence electrons. The molecule has 8 nitrogen and oxygen atoms in total. The van der Waals surface area contributed by atoms with Crippen molar-refractivity contribution >= 4 is 15.9 Å². The Hall–Kier alpha value is -1.84. The van der Waals surface area contributed by atoms with Gasteiger partial charge in [-0.3, -0.25) is 9.69 Å². The van der Waals surface area contributed by atoms with Crippen LogP contribution < -0.4 is 15.2 Å². The summed E-state index contributed by atoms with van der Waals surface area (Å²) >= 11 is 0. The number of hydrogen-bond acceptors (Lipinski definition) is 6. The standard InChI is InChI=1S/C16H23N3O5S/c1-12(16(17)20)18-5-7-19(8-6-18)25(21,22)13-3-4-14-15(11-13)24-10-2-9-23-14/h3-4,11-12H,2,5-10H2,1H3,(H2,17,20)/t12-/m0/s1. The van der Waals surface area contributed by atoms with Gasteiger partial charge in [-0.05, 0) is 19.1 Å². The third-order valence-electron chi connectivity index (χ3n) is 4.59. The van der Waals surface area contributed by atoms with Crippen LogP contribution in [0.5, 0.6) is 11.5 Å². The van der Waals surface area contributed by atoms with Crippen LogP contribution in [0, 0.1) is 0 Å². The number of amides is 1. The number of fused-ring (bicyclic) bond motifs is 1. The smallest absolute Gasteiger partial charge is 0.243 e. The van der Waals surface area contributed by atoms with E-state index >= 15 is 0 Å². The monoisotopic (exact) mass is 369 g/mol. The number of nitrogens with zero attached hydrogens (tertiary/aromatic N) is 2. The summed E-state index contributed by atoms with van der Waals surface area (Å²) in [6.07, 6.45) is 0.761. The van der Waals surface area contributed by atoms with Crippen molar-refractivity contribution in [3.8, 4) is 11.5 Å². The molecule has 25 heavy (non-hydrogen) atoms. The SMILES string of the molecule is C[C@@H](C(N)=O)N1CCN(S(=O)(=O)c2ccc3c(c2)OCCCO3)CC1. The molecule has 0 spiro atoms. The highest BCUT2D eigenvalue weighted by Crippen LogP contribution is 2.33. The van der Waals surface area contributed by atoms with Crippen molar-refractivity contribution in [3.63, 3.8) is 0 Å². The summed E-state index contributed by atoms with van der Waals surface area (Å²) in [5.74, 6) is 0.621. The molecule has 2 N–H and O–H groups in total. The summed E-state index contributed by atoms with van der Waals surface area (Å²) in [5.41, 5.74) is 5.32. The van der Waals surface area contributed by atoms with Crippen molar-refractivity contribution in [1.29, 1.82) is 0 Å². The van der Waals surface area contributed by atoms with Gasteiger partial charge < -0.3 is 15.2 Å². The molecule has 1 atom stereocenters. The zero-order chi connectivity index (χ0) is 18.0. The van der Waals surface area contributed by atoms with E-state index < -0.39 is 22.0 Å². The first kappa shape index (κ1) is 18.0. The minimum absolute atomic E-state index is 0.188. The Morgan fingerprint density at radius 3 is 2.40 bits per heavy atom. The largest absolute Gasteiger partial charge is 0.490 e. The fraction of sp³-hybridized carbons (Fsp3) is 0.562. The third-order valence-corrected chi connectivity index (χ3v) is 6.48. The molecule has 0 saturated carbocycles. The Balaban J connectivity index is 1.74. The van der Waals surface area contributed by atoms with Gasteiger partial charge in [-0.15, -0.1) is 0 Å². The number of sulfonamides is 1. The predicted molar refractivity (Wildman–Crippen MR) is 91.0 cm³/mol. The summed E-state index contributed by atoms with van der Waals surface area (Å²) in [6.45, 7) is 4.35. The van der Waals surface area contributed by atoms with Gasteiger partial charge in [0.25, 0.3) is 0 Å². The second-order valence-electron chi connectivity index (χ2n) is 6.18. The quantitative estimate of drug-likeness (QED) is 0.803. The van der Waals surface area contributed by atoms with Gasteiger partial charge in [-0.1, -0.05) is 0 Å². The van der Waals surface area contributed by atoms with E-state index in [4.69, 9.17) is 15.2 Å². The number of piperazine rings is 1. The van der Waals surface area contributed by atoms with E-state index in [2.05, 4.69) is 0 Å². The summed E-state index contributed by atoms with van der Waals surface area (Å²) in [4.78, 5) is 13.4. The van der Waals surface area contributed by atoms with Gasteiger partial charge in [-0.2, -0.15) is 4.31 Å². The fourth-order valence-corrected chi connectivity index (χ4v) is 4.40. The van der Waals surface area contributed by atoms with Crippen LogP contribution in [-0.4, -0.2) is 69.0 Å². The van der Waals surface area contributed by atoms with Gasteiger partial charge in [0.15, 0.2) is 11.5 Å². The van der Waals surface area contributed by atoms with Crippen LogP contribution in [0.2, 0.25) is 0 Å². The molecule has 1 aromatic carbocycles. The Bertz CT molecular complexity index is 744. The van der Waals surface area contributed by atoms with Gasteiger partial charge in [0.1, 0.15) is 0 Å². The zero-order valence-corrected chi connectivity index (χ0v) is 15.0. The topological polar surface area (TPSA) is 102 Å². The molecule has 1 fully saturated rings. The lowest BCUT2D eigenvalue weighted by atomic mass is 10.2. The number of nitrogens with two attached hydrogens (primary N) is 1. The Labute approximate surface area is 147 Å². The number of carbonyl (C=O) groups excluding carboxylic acids is 1. The number of ether oxygens (including phenoxy) is 2. The van der Waals surface area contributed by atoms with Crippen LogP contribution in [0.25, 0.3) is 0 Å². The van der Waals surface area contributed by atoms with Gasteiger partial charge in [0.05, 0.1) is 24.2 Å². The van der Waals surface area contributed by atoms with Gasteiger partial charge in [0.2, 0.25) is 15.9 Å². The molecule has 2 aliphatic heterocycles. The van der Waals surface area contributed by atoms with E-state index in [-0.39, 0.29) is 4.90 Å². The van der Waals surface area contributed by atoms with Crippen molar-refractivity contribution in [1.82, 2.24) is 9.21 Å². The Morgan fingerprint density at radius 1 is 1.12 bits per heavy atom. The predicted octanol–water partition coefficient (Wildman–Crippen LogP) is 0.0280. The molecule has 3 rings (SSSR count). The highest BCUT2D eigenvalue weighted by atomic mass is 32.2. The number of hydrogen-bond donors (Lipinski definition) is 1. The molecule has 2 heterocycles. The summed E-state index contributed by atoms with van der Waals surface area (Å²) in [5, 5.41) is 0. The van der Waals surface area contributed by atoms with E-state index in [1.165, 1.54) is 10.4 Å². The van der Waals surface area contributed by atoms with Crippen LogP contribution in [0.1, 0.15) is 13.3 Å². The van der Waals surface area contributed by atoms with Crippen LogP contribution in [-0.2, 0) is 14.8 Å². The molecule has 1 saturated heterocycles. The molecular weight excluding hydrogens is 346 g/mol. The van der Waals surface area contributed by atoms with Crippen molar-refractivity contribution in [2.45, 2.75) is 24.3 Å². The molecule has 2 aliphatic rings. The highest BCUT2D eigenvalue weighted by molar-refractivity contribution is 7.89. The molecule has 0 unspecified atom stereocenters. The van der Waals surface area contributed by atoms with Crippen molar-refractivity contribution in [2.75, 3.05) is 39.4 Å². The van der Waals surface area contributed by atoms with E-state index in [1.54, 1.807) is 19.1 Å². The first-order valence-electron chi connectivity index (χ1n) is 8.33. The molecular formula is C16H23N3O5S. The molecule has 9 heteroatoms. The summed E-state index contributed by atoms with van der Waals surface area (Å²) < 4.78 is 38.3. The normalized spacial score (nSPS) is 20.7. The lowest BCUT2D eigenvalue weighted by molar-refractivity contribution is -0.123. The molecule has 1 amide bonds. The second kappa shape index (κ2) is 7.19. The maximum atomic E-state index is 12.9. The lowest BCUT2D eigenvalue weighted by Crippen LogP contribution is -2.54. The number of benzene rings is 1. The Morgan fingerprint density at radius 2 is 1.76 bits per heavy atom. The van der Waals surface area contributed by atoms with E-state index in [1.807, 2.05) is 4.90 Å². The van der Waals surface area contributed by atoms with Crippen LogP contribution >= 0.6 is 0 Å². The number of rotatable bonds is 4. The zero-order valence-electron chi connectivity index (χ0n) is 14.2. The van der Waals surface area contributed by atoms with Crippen LogP contribution in [0.3, 0.4) is 0 Å². The average molecular weight is 369 g/mol. The van der Waals surface area contributed by atoms with Crippen molar-refractivity contribution in [2.24, 2.45) is 5.73 Å². The maximum absolute atomic E-state index is 12.9. The van der Waals surface area contributed by atoms with Crippen LogP contribution in [0.4, 0.5) is 0 Å². The molecule has 0 aliphatic carbocycles. The van der Waals surface area contributed by atoms with E-state index in [0.717, 1.165) is 6.42 Å². The van der Waals surface area contributed by atoms with Crippen molar-refractivity contribution in [3.05, 3.63) is 18.2 Å². The third kappa shape index (κ3) is 3.73. The van der Waals surface area contributed by atoms with E-state index in [9.17, 15) is 13.2 Å². The molecule has 0 bridgehead atoms. The summed E-state index contributed by atoms with van der Waals surface area (Å²) in [6, 6.07) is 4.30. The maximum Gasteiger partial charge on any atom is 0.243 e. The summed E-state index contributed by atoms with van der Waals surface area (Å²) in [7, 11) is -3.62. The van der Waals surface area contributed by atoms with Crippen LogP contribution in [0.15, 0.2) is 23.1 Å². The van der Waals surface area contributed by atoms with Gasteiger partial charge in [0, 0.05) is 38.7 Å². The van der Waals surface area contributed by atoms with Gasteiger partial charge in [-0.25, -0.2) is 8.42 Å². The number of carbonyl (C=O) groups is 1. The highest BCUT2D eigenvalue weighted by Gasteiger charge is 2.31. The fourth-order valence-electron chi connectivity index (χ4n) is 2.96.